The fourth-order valence-corrected chi connectivity index (χ4v) is 7.49. The molecular formula is C22H32O3S. The second-order valence-electron chi connectivity index (χ2n) is 9.32. The van der Waals surface area contributed by atoms with Gasteiger partial charge in [0.25, 0.3) is 0 Å². The maximum atomic E-state index is 13.2. The molecule has 2 aliphatic carbocycles. The molecule has 26 heavy (non-hydrogen) atoms. The van der Waals surface area contributed by atoms with Gasteiger partial charge >= 0.3 is 0 Å². The zero-order valence-corrected chi connectivity index (χ0v) is 17.3. The van der Waals surface area contributed by atoms with Gasteiger partial charge in [0, 0.05) is 12.3 Å². The Labute approximate surface area is 158 Å². The first-order valence-electron chi connectivity index (χ1n) is 9.92. The molecule has 3 rings (SSSR count). The molecule has 2 saturated carbocycles. The summed E-state index contributed by atoms with van der Waals surface area (Å²) in [6.45, 7) is 8.18. The van der Waals surface area contributed by atoms with Gasteiger partial charge in [0.15, 0.2) is 9.84 Å². The number of fused-ring (bicyclic) bond motifs is 1. The van der Waals surface area contributed by atoms with E-state index >= 15 is 0 Å². The third kappa shape index (κ3) is 3.15. The SMILES string of the molecule is C[C@H](CC(C)(C)S(=O)(=O)c1ccccc1)[C@H]1CC[C@H]2C(=O)CCC[C@]12C. The summed E-state index contributed by atoms with van der Waals surface area (Å²) in [6, 6.07) is 8.78. The Morgan fingerprint density at radius 1 is 1.19 bits per heavy atom. The maximum Gasteiger partial charge on any atom is 0.183 e. The van der Waals surface area contributed by atoms with E-state index in [4.69, 9.17) is 0 Å². The summed E-state index contributed by atoms with van der Waals surface area (Å²) >= 11 is 0. The van der Waals surface area contributed by atoms with Gasteiger partial charge in [-0.25, -0.2) is 8.42 Å². The molecule has 0 radical (unpaired) electrons. The lowest BCUT2D eigenvalue weighted by molar-refractivity contribution is -0.130. The molecule has 144 valence electrons. The Hall–Kier alpha value is -1.16. The second kappa shape index (κ2) is 6.78. The minimum absolute atomic E-state index is 0.0569. The number of sulfone groups is 1. The van der Waals surface area contributed by atoms with E-state index in [1.807, 2.05) is 19.9 Å². The summed E-state index contributed by atoms with van der Waals surface area (Å²) in [5.41, 5.74) is 0.0569. The lowest BCUT2D eigenvalue weighted by Gasteiger charge is -2.43. The predicted molar refractivity (Wildman–Crippen MR) is 105 cm³/mol. The summed E-state index contributed by atoms with van der Waals surface area (Å²) in [7, 11) is -3.39. The number of carbonyl (C=O) groups is 1. The number of hydrogen-bond donors (Lipinski definition) is 0. The summed E-state index contributed by atoms with van der Waals surface area (Å²) in [5.74, 6) is 1.34. The first-order chi connectivity index (χ1) is 12.1. The van der Waals surface area contributed by atoms with Gasteiger partial charge in [-0.3, -0.25) is 4.79 Å². The van der Waals surface area contributed by atoms with E-state index in [-0.39, 0.29) is 17.3 Å². The van der Waals surface area contributed by atoms with E-state index in [0.29, 0.717) is 23.0 Å². The fraction of sp³-hybridized carbons (Fsp3) is 0.682. The van der Waals surface area contributed by atoms with Crippen molar-refractivity contribution in [3.05, 3.63) is 30.3 Å². The summed E-state index contributed by atoms with van der Waals surface area (Å²) in [6.07, 6.45) is 5.48. The smallest absolute Gasteiger partial charge is 0.183 e. The van der Waals surface area contributed by atoms with Crippen molar-refractivity contribution in [3.63, 3.8) is 0 Å². The van der Waals surface area contributed by atoms with E-state index < -0.39 is 14.6 Å². The predicted octanol–water partition coefficient (Wildman–Crippen LogP) is 5.05. The number of benzene rings is 1. The zero-order chi connectivity index (χ0) is 19.2. The molecule has 0 N–H and O–H groups in total. The Kier molecular flexibility index (Phi) is 5.11. The molecule has 1 aromatic rings. The van der Waals surface area contributed by atoms with E-state index in [1.54, 1.807) is 24.3 Å². The van der Waals surface area contributed by atoms with Crippen LogP contribution in [0, 0.1) is 23.2 Å². The monoisotopic (exact) mass is 376 g/mol. The standard InChI is InChI=1S/C22H32O3S/c1-16(18-12-13-19-20(23)11-8-14-22(18,19)4)15-21(2,3)26(24,25)17-9-6-5-7-10-17/h5-7,9-10,16,18-19H,8,11-15H2,1-4H3/t16-,18-,19+,22-/m1/s1. The summed E-state index contributed by atoms with van der Waals surface area (Å²) in [4.78, 5) is 12.8. The number of rotatable bonds is 5. The van der Waals surface area contributed by atoms with Crippen LogP contribution in [0.1, 0.15) is 66.2 Å². The Morgan fingerprint density at radius 2 is 1.85 bits per heavy atom. The van der Waals surface area contributed by atoms with Crippen LogP contribution in [0.2, 0.25) is 0 Å². The molecule has 0 bridgehead atoms. The van der Waals surface area contributed by atoms with Crippen LogP contribution in [0.5, 0.6) is 0 Å². The fourth-order valence-electron chi connectivity index (χ4n) is 5.85. The Morgan fingerprint density at radius 3 is 2.50 bits per heavy atom. The topological polar surface area (TPSA) is 51.2 Å². The highest BCUT2D eigenvalue weighted by Crippen LogP contribution is 2.57. The van der Waals surface area contributed by atoms with Crippen LogP contribution in [0.25, 0.3) is 0 Å². The van der Waals surface area contributed by atoms with Gasteiger partial charge in [-0.1, -0.05) is 32.0 Å². The average molecular weight is 377 g/mol. The molecule has 4 heteroatoms. The minimum atomic E-state index is -3.39. The summed E-state index contributed by atoms with van der Waals surface area (Å²) < 4.78 is 25.5. The van der Waals surface area contributed by atoms with Crippen LogP contribution in [-0.2, 0) is 14.6 Å². The van der Waals surface area contributed by atoms with Gasteiger partial charge in [0.2, 0.25) is 0 Å². The number of hydrogen-bond acceptors (Lipinski definition) is 3. The van der Waals surface area contributed by atoms with Gasteiger partial charge in [-0.2, -0.15) is 0 Å². The molecule has 0 spiro atoms. The largest absolute Gasteiger partial charge is 0.299 e. The Balaban J connectivity index is 1.81. The molecule has 4 atom stereocenters. The highest BCUT2D eigenvalue weighted by molar-refractivity contribution is 7.92. The van der Waals surface area contributed by atoms with Crippen molar-refractivity contribution in [2.75, 3.05) is 0 Å². The molecule has 0 amide bonds. The van der Waals surface area contributed by atoms with Crippen molar-refractivity contribution in [2.24, 2.45) is 23.2 Å². The molecule has 0 saturated heterocycles. The van der Waals surface area contributed by atoms with Gasteiger partial charge in [0.1, 0.15) is 5.78 Å². The third-order valence-electron chi connectivity index (χ3n) is 7.22. The third-order valence-corrected chi connectivity index (χ3v) is 9.73. The molecule has 0 aliphatic heterocycles. The first kappa shape index (κ1) is 19.6. The van der Waals surface area contributed by atoms with Crippen LogP contribution in [0.4, 0.5) is 0 Å². The van der Waals surface area contributed by atoms with Gasteiger partial charge in [0.05, 0.1) is 9.64 Å². The van der Waals surface area contributed by atoms with Gasteiger partial charge in [-0.15, -0.1) is 0 Å². The number of carbonyl (C=O) groups excluding carboxylic acids is 1. The molecule has 2 aliphatic rings. The zero-order valence-electron chi connectivity index (χ0n) is 16.5. The lowest BCUT2D eigenvalue weighted by Crippen LogP contribution is -2.42. The van der Waals surface area contributed by atoms with Crippen molar-refractivity contribution >= 4 is 15.6 Å². The molecular weight excluding hydrogens is 344 g/mol. The van der Waals surface area contributed by atoms with E-state index in [9.17, 15) is 13.2 Å². The highest BCUT2D eigenvalue weighted by atomic mass is 32.2. The van der Waals surface area contributed by atoms with Gasteiger partial charge in [-0.05, 0) is 75.3 Å². The van der Waals surface area contributed by atoms with Crippen LogP contribution in [-0.4, -0.2) is 18.9 Å². The van der Waals surface area contributed by atoms with Crippen LogP contribution < -0.4 is 0 Å². The van der Waals surface area contributed by atoms with Crippen molar-refractivity contribution < 1.29 is 13.2 Å². The lowest BCUT2D eigenvalue weighted by atomic mass is 9.61. The van der Waals surface area contributed by atoms with E-state index in [1.165, 1.54) is 0 Å². The van der Waals surface area contributed by atoms with E-state index in [0.717, 1.165) is 32.1 Å². The molecule has 0 aromatic heterocycles. The van der Waals surface area contributed by atoms with Crippen LogP contribution >= 0.6 is 0 Å². The van der Waals surface area contributed by atoms with Crippen molar-refractivity contribution in [1.82, 2.24) is 0 Å². The normalized spacial score (nSPS) is 30.8. The molecule has 2 fully saturated rings. The van der Waals surface area contributed by atoms with Crippen LogP contribution in [0.3, 0.4) is 0 Å². The summed E-state index contributed by atoms with van der Waals surface area (Å²) in [5, 5.41) is 0. The molecule has 0 heterocycles. The van der Waals surface area contributed by atoms with Gasteiger partial charge < -0.3 is 0 Å². The molecule has 1 aromatic carbocycles. The molecule has 3 nitrogen and oxygen atoms in total. The number of Topliss-reactive ketones (excluding diaryl/α,β-unsaturated/α-hetero) is 1. The highest BCUT2D eigenvalue weighted by Gasteiger charge is 2.53. The maximum absolute atomic E-state index is 13.2. The van der Waals surface area contributed by atoms with E-state index in [2.05, 4.69) is 13.8 Å². The second-order valence-corrected chi connectivity index (χ2v) is 11.9. The molecule has 0 unspecified atom stereocenters. The first-order valence-corrected chi connectivity index (χ1v) is 11.4. The van der Waals surface area contributed by atoms with Crippen molar-refractivity contribution in [2.45, 2.75) is 75.9 Å². The van der Waals surface area contributed by atoms with Crippen LogP contribution in [0.15, 0.2) is 35.2 Å². The van der Waals surface area contributed by atoms with Crippen molar-refractivity contribution in [3.8, 4) is 0 Å². The van der Waals surface area contributed by atoms with Crippen molar-refractivity contribution in [1.29, 1.82) is 0 Å². The minimum Gasteiger partial charge on any atom is -0.299 e. The quantitative estimate of drug-likeness (QED) is 0.722. The Bertz CT molecular complexity index is 766. The number of ketones is 1. The average Bonchev–Trinajstić information content (AvgIpc) is 2.93.